The van der Waals surface area contributed by atoms with Gasteiger partial charge in [0.25, 0.3) is 0 Å². The number of nitrogens with zero attached hydrogens (tertiary/aromatic N) is 3. The van der Waals surface area contributed by atoms with Crippen LogP contribution >= 0.6 is 0 Å². The lowest BCUT2D eigenvalue weighted by atomic mass is 9.98. The first-order chi connectivity index (χ1) is 7.85. The Hall–Kier alpha value is -0.900. The molecule has 16 heavy (non-hydrogen) atoms. The fourth-order valence-corrected chi connectivity index (χ4v) is 2.37. The monoisotopic (exact) mass is 222 g/mol. The molecule has 0 bridgehead atoms. The van der Waals surface area contributed by atoms with Crippen LogP contribution in [0.25, 0.3) is 0 Å². The highest BCUT2D eigenvalue weighted by atomic mass is 15.3. The molecular weight excluding hydrogens is 200 g/mol. The van der Waals surface area contributed by atoms with Crippen molar-refractivity contribution in [2.45, 2.75) is 52.0 Å². The summed E-state index contributed by atoms with van der Waals surface area (Å²) in [5.74, 6) is 2.94. The molecule has 4 heteroatoms. The molecule has 1 aromatic heterocycles. The maximum absolute atomic E-state index is 5.71. The van der Waals surface area contributed by atoms with Gasteiger partial charge in [-0.2, -0.15) is 0 Å². The largest absolute Gasteiger partial charge is 0.330 e. The standard InChI is InChI=1S/C12H22N4/c1-2-3-4-5-11-14-15-12-8-10(9-13)6-7-16(11)12/h10H,2-9,13H2,1H3. The van der Waals surface area contributed by atoms with Crippen LogP contribution in [0.15, 0.2) is 0 Å². The maximum atomic E-state index is 5.71. The number of fused-ring (bicyclic) bond motifs is 1. The van der Waals surface area contributed by atoms with Gasteiger partial charge in [0.2, 0.25) is 0 Å². The highest BCUT2D eigenvalue weighted by Gasteiger charge is 2.21. The highest BCUT2D eigenvalue weighted by molar-refractivity contribution is 5.00. The second kappa shape index (κ2) is 5.43. The van der Waals surface area contributed by atoms with E-state index < -0.39 is 0 Å². The molecule has 0 radical (unpaired) electrons. The number of hydrogen-bond acceptors (Lipinski definition) is 3. The molecule has 0 fully saturated rings. The van der Waals surface area contributed by atoms with Crippen LogP contribution in [0.4, 0.5) is 0 Å². The summed E-state index contributed by atoms with van der Waals surface area (Å²) < 4.78 is 2.31. The Morgan fingerprint density at radius 1 is 1.38 bits per heavy atom. The highest BCUT2D eigenvalue weighted by Crippen LogP contribution is 2.20. The Labute approximate surface area is 97.2 Å². The van der Waals surface area contributed by atoms with Crippen LogP contribution in [-0.4, -0.2) is 21.3 Å². The molecule has 1 aromatic rings. The van der Waals surface area contributed by atoms with Gasteiger partial charge in [-0.3, -0.25) is 0 Å². The van der Waals surface area contributed by atoms with E-state index in [1.165, 1.54) is 31.5 Å². The third-order valence-corrected chi connectivity index (χ3v) is 3.47. The zero-order valence-electron chi connectivity index (χ0n) is 10.2. The molecule has 0 aliphatic carbocycles. The number of unbranched alkanes of at least 4 members (excludes halogenated alkanes) is 2. The molecule has 0 spiro atoms. The summed E-state index contributed by atoms with van der Waals surface area (Å²) in [5, 5.41) is 8.60. The van der Waals surface area contributed by atoms with E-state index in [2.05, 4.69) is 21.7 Å². The zero-order chi connectivity index (χ0) is 11.4. The van der Waals surface area contributed by atoms with Gasteiger partial charge in [0, 0.05) is 19.4 Å². The van der Waals surface area contributed by atoms with E-state index in [0.717, 1.165) is 31.8 Å². The second-order valence-corrected chi connectivity index (χ2v) is 4.74. The van der Waals surface area contributed by atoms with Gasteiger partial charge in [-0.05, 0) is 25.3 Å². The quantitative estimate of drug-likeness (QED) is 0.769. The molecule has 2 rings (SSSR count). The number of aryl methyl sites for hydroxylation is 1. The number of rotatable bonds is 5. The average molecular weight is 222 g/mol. The van der Waals surface area contributed by atoms with E-state index in [4.69, 9.17) is 5.73 Å². The zero-order valence-corrected chi connectivity index (χ0v) is 10.2. The van der Waals surface area contributed by atoms with E-state index in [1.54, 1.807) is 0 Å². The molecule has 4 nitrogen and oxygen atoms in total. The maximum Gasteiger partial charge on any atom is 0.133 e. The predicted molar refractivity (Wildman–Crippen MR) is 64.1 cm³/mol. The summed E-state index contributed by atoms with van der Waals surface area (Å²) in [4.78, 5) is 0. The molecule has 1 atom stereocenters. The van der Waals surface area contributed by atoms with Crippen LogP contribution in [0.5, 0.6) is 0 Å². The van der Waals surface area contributed by atoms with E-state index in [0.29, 0.717) is 5.92 Å². The Bertz CT molecular complexity index is 332. The van der Waals surface area contributed by atoms with Crippen molar-refractivity contribution in [1.82, 2.24) is 14.8 Å². The smallest absolute Gasteiger partial charge is 0.133 e. The van der Waals surface area contributed by atoms with Gasteiger partial charge in [-0.15, -0.1) is 10.2 Å². The normalized spacial score (nSPS) is 19.8. The summed E-state index contributed by atoms with van der Waals surface area (Å²) in [6, 6.07) is 0. The molecule has 2 heterocycles. The Kier molecular flexibility index (Phi) is 3.93. The topological polar surface area (TPSA) is 56.7 Å². The molecule has 1 aliphatic rings. The average Bonchev–Trinajstić information content (AvgIpc) is 2.72. The van der Waals surface area contributed by atoms with Crippen LogP contribution in [-0.2, 0) is 19.4 Å². The molecule has 2 N–H and O–H groups in total. The van der Waals surface area contributed by atoms with Gasteiger partial charge in [0.05, 0.1) is 0 Å². The minimum atomic E-state index is 0.611. The SMILES string of the molecule is CCCCCc1nnc2n1CCC(CN)C2. The van der Waals surface area contributed by atoms with Crippen molar-refractivity contribution in [2.24, 2.45) is 11.7 Å². The van der Waals surface area contributed by atoms with Crippen LogP contribution in [0.3, 0.4) is 0 Å². The summed E-state index contributed by atoms with van der Waals surface area (Å²) in [5.41, 5.74) is 5.71. The minimum absolute atomic E-state index is 0.611. The number of nitrogens with two attached hydrogens (primary N) is 1. The number of hydrogen-bond donors (Lipinski definition) is 1. The molecule has 0 aromatic carbocycles. The Morgan fingerprint density at radius 2 is 2.25 bits per heavy atom. The number of aromatic nitrogens is 3. The van der Waals surface area contributed by atoms with Crippen molar-refractivity contribution >= 4 is 0 Å². The van der Waals surface area contributed by atoms with Gasteiger partial charge in [-0.25, -0.2) is 0 Å². The lowest BCUT2D eigenvalue weighted by Crippen LogP contribution is -2.26. The van der Waals surface area contributed by atoms with Gasteiger partial charge < -0.3 is 10.3 Å². The van der Waals surface area contributed by atoms with E-state index in [-0.39, 0.29) is 0 Å². The van der Waals surface area contributed by atoms with E-state index in [1.807, 2.05) is 0 Å². The first-order valence-electron chi connectivity index (χ1n) is 6.46. The molecule has 1 aliphatic heterocycles. The molecule has 0 amide bonds. The van der Waals surface area contributed by atoms with Crippen LogP contribution in [0.2, 0.25) is 0 Å². The summed E-state index contributed by atoms with van der Waals surface area (Å²) in [7, 11) is 0. The van der Waals surface area contributed by atoms with Crippen molar-refractivity contribution in [3.8, 4) is 0 Å². The molecule has 90 valence electrons. The molecular formula is C12H22N4. The lowest BCUT2D eigenvalue weighted by Gasteiger charge is -2.22. The van der Waals surface area contributed by atoms with Gasteiger partial charge in [-0.1, -0.05) is 19.8 Å². The van der Waals surface area contributed by atoms with Crippen molar-refractivity contribution < 1.29 is 0 Å². The second-order valence-electron chi connectivity index (χ2n) is 4.74. The fraction of sp³-hybridized carbons (Fsp3) is 0.833. The van der Waals surface area contributed by atoms with Crippen LogP contribution in [0, 0.1) is 5.92 Å². The first kappa shape index (κ1) is 11.6. The predicted octanol–water partition coefficient (Wildman–Crippen LogP) is 1.53. The third-order valence-electron chi connectivity index (χ3n) is 3.47. The Balaban J connectivity index is 1.99. The fourth-order valence-electron chi connectivity index (χ4n) is 2.37. The van der Waals surface area contributed by atoms with E-state index >= 15 is 0 Å². The molecule has 0 saturated heterocycles. The van der Waals surface area contributed by atoms with Gasteiger partial charge in [0.15, 0.2) is 0 Å². The minimum Gasteiger partial charge on any atom is -0.330 e. The van der Waals surface area contributed by atoms with Gasteiger partial charge >= 0.3 is 0 Å². The van der Waals surface area contributed by atoms with E-state index in [9.17, 15) is 0 Å². The summed E-state index contributed by atoms with van der Waals surface area (Å²) in [6.07, 6.45) is 7.05. The Morgan fingerprint density at radius 3 is 3.00 bits per heavy atom. The van der Waals surface area contributed by atoms with Crippen molar-refractivity contribution in [1.29, 1.82) is 0 Å². The van der Waals surface area contributed by atoms with Crippen molar-refractivity contribution in [2.75, 3.05) is 6.54 Å². The third kappa shape index (κ3) is 2.43. The summed E-state index contributed by atoms with van der Waals surface area (Å²) >= 11 is 0. The van der Waals surface area contributed by atoms with Crippen LogP contribution < -0.4 is 5.73 Å². The molecule has 1 unspecified atom stereocenters. The molecule has 0 saturated carbocycles. The lowest BCUT2D eigenvalue weighted by molar-refractivity contribution is 0.383. The van der Waals surface area contributed by atoms with Gasteiger partial charge in [0.1, 0.15) is 11.6 Å². The van der Waals surface area contributed by atoms with Crippen molar-refractivity contribution in [3.05, 3.63) is 11.6 Å². The summed E-state index contributed by atoms with van der Waals surface area (Å²) in [6.45, 7) is 4.06. The van der Waals surface area contributed by atoms with Crippen LogP contribution in [0.1, 0.15) is 44.3 Å². The first-order valence-corrected chi connectivity index (χ1v) is 6.46. The van der Waals surface area contributed by atoms with Crippen molar-refractivity contribution in [3.63, 3.8) is 0 Å².